The summed E-state index contributed by atoms with van der Waals surface area (Å²) in [5, 5.41) is 5.28. The van der Waals surface area contributed by atoms with E-state index in [1.165, 1.54) is 21.3 Å². The fourth-order valence-electron chi connectivity index (χ4n) is 2.10. The first-order chi connectivity index (χ1) is 11.1. The highest BCUT2D eigenvalue weighted by atomic mass is 16.5. The van der Waals surface area contributed by atoms with Crippen LogP contribution in [0.1, 0.15) is 20.7 Å². The second-order valence-electron chi connectivity index (χ2n) is 4.65. The smallest absolute Gasteiger partial charge is 0.255 e. The molecule has 0 heterocycles. The van der Waals surface area contributed by atoms with Crippen LogP contribution in [0.25, 0.3) is 0 Å². The van der Waals surface area contributed by atoms with Gasteiger partial charge in [-0.15, -0.1) is 0 Å². The molecule has 0 aliphatic rings. The van der Waals surface area contributed by atoms with Gasteiger partial charge in [-0.1, -0.05) is 12.1 Å². The summed E-state index contributed by atoms with van der Waals surface area (Å²) in [5.41, 5.74) is 1.23. The van der Waals surface area contributed by atoms with Gasteiger partial charge in [-0.05, 0) is 30.3 Å². The fraction of sp³-hybridized carbons (Fsp3) is 0.176. The molecule has 2 aromatic carbocycles. The number of methoxy groups -OCH3 is 2. The van der Waals surface area contributed by atoms with Gasteiger partial charge in [0.05, 0.1) is 25.5 Å². The van der Waals surface area contributed by atoms with Crippen molar-refractivity contribution in [1.29, 1.82) is 0 Å². The lowest BCUT2D eigenvalue weighted by atomic mass is 10.1. The van der Waals surface area contributed by atoms with Crippen molar-refractivity contribution in [3.63, 3.8) is 0 Å². The number of carbonyl (C=O) groups is 2. The van der Waals surface area contributed by atoms with Gasteiger partial charge >= 0.3 is 0 Å². The number of anilines is 1. The number of ether oxygens (including phenoxy) is 2. The van der Waals surface area contributed by atoms with Crippen molar-refractivity contribution < 1.29 is 19.1 Å². The monoisotopic (exact) mass is 314 g/mol. The van der Waals surface area contributed by atoms with Crippen LogP contribution >= 0.6 is 0 Å². The molecule has 0 atom stereocenters. The minimum atomic E-state index is -0.345. The lowest BCUT2D eigenvalue weighted by molar-refractivity contribution is 0.0964. The zero-order valence-corrected chi connectivity index (χ0v) is 13.2. The Labute approximate surface area is 134 Å². The average molecular weight is 314 g/mol. The first-order valence-corrected chi connectivity index (χ1v) is 6.95. The van der Waals surface area contributed by atoms with Gasteiger partial charge in [0.2, 0.25) is 0 Å². The Balaban J connectivity index is 2.28. The Kier molecular flexibility index (Phi) is 5.19. The first kappa shape index (κ1) is 16.4. The summed E-state index contributed by atoms with van der Waals surface area (Å²) < 4.78 is 10.3. The predicted octanol–water partition coefficient (Wildman–Crippen LogP) is 2.32. The molecular weight excluding hydrogens is 296 g/mol. The van der Waals surface area contributed by atoms with Crippen molar-refractivity contribution in [1.82, 2.24) is 5.32 Å². The van der Waals surface area contributed by atoms with Crippen LogP contribution in [0.5, 0.6) is 11.5 Å². The maximum Gasteiger partial charge on any atom is 0.255 e. The molecule has 0 saturated heterocycles. The highest BCUT2D eigenvalue weighted by Gasteiger charge is 2.14. The van der Waals surface area contributed by atoms with E-state index in [0.29, 0.717) is 28.3 Å². The third kappa shape index (κ3) is 3.60. The molecule has 120 valence electrons. The van der Waals surface area contributed by atoms with Crippen molar-refractivity contribution >= 4 is 17.5 Å². The molecule has 6 heteroatoms. The molecule has 6 nitrogen and oxygen atoms in total. The lowest BCUT2D eigenvalue weighted by Crippen LogP contribution is -2.21. The first-order valence-electron chi connectivity index (χ1n) is 6.95. The number of hydrogen-bond acceptors (Lipinski definition) is 4. The second kappa shape index (κ2) is 7.31. The lowest BCUT2D eigenvalue weighted by Gasteiger charge is -2.12. The van der Waals surface area contributed by atoms with Crippen LogP contribution in [0.3, 0.4) is 0 Å². The zero-order chi connectivity index (χ0) is 16.8. The van der Waals surface area contributed by atoms with Gasteiger partial charge in [0, 0.05) is 12.6 Å². The van der Waals surface area contributed by atoms with Gasteiger partial charge in [-0.2, -0.15) is 0 Å². The van der Waals surface area contributed by atoms with Crippen LogP contribution in [-0.2, 0) is 0 Å². The molecule has 0 unspecified atom stereocenters. The van der Waals surface area contributed by atoms with Gasteiger partial charge in [-0.25, -0.2) is 0 Å². The standard InChI is InChI=1S/C17H18N2O4/c1-18-17(21)12-6-4-5-7-13(12)19-16(20)11-8-9-14(22-2)15(10-11)23-3/h4-10H,1-3H3,(H,18,21)(H,19,20). The molecule has 0 saturated carbocycles. The molecule has 0 radical (unpaired) electrons. The van der Waals surface area contributed by atoms with Crippen molar-refractivity contribution in [2.75, 3.05) is 26.6 Å². The number of nitrogens with one attached hydrogen (secondary N) is 2. The highest BCUT2D eigenvalue weighted by Crippen LogP contribution is 2.28. The molecular formula is C17H18N2O4. The molecule has 2 amide bonds. The molecule has 0 spiro atoms. The molecule has 2 N–H and O–H groups in total. The number of carbonyl (C=O) groups excluding carboxylic acids is 2. The Hall–Kier alpha value is -3.02. The maximum atomic E-state index is 12.4. The molecule has 0 aromatic heterocycles. The highest BCUT2D eigenvalue weighted by molar-refractivity contribution is 6.09. The van der Waals surface area contributed by atoms with E-state index in [4.69, 9.17) is 9.47 Å². The van der Waals surface area contributed by atoms with Gasteiger partial charge in [-0.3, -0.25) is 9.59 Å². The number of amides is 2. The van der Waals surface area contributed by atoms with E-state index in [0.717, 1.165) is 0 Å². The van der Waals surface area contributed by atoms with Crippen LogP contribution in [0, 0.1) is 0 Å². The summed E-state index contributed by atoms with van der Waals surface area (Å²) >= 11 is 0. The van der Waals surface area contributed by atoms with Crippen LogP contribution < -0.4 is 20.1 Å². The van der Waals surface area contributed by atoms with Crippen LogP contribution in [0.4, 0.5) is 5.69 Å². The third-order valence-corrected chi connectivity index (χ3v) is 3.29. The normalized spacial score (nSPS) is 9.87. The van der Waals surface area contributed by atoms with Crippen LogP contribution in [-0.4, -0.2) is 33.1 Å². The van der Waals surface area contributed by atoms with E-state index >= 15 is 0 Å². The summed E-state index contributed by atoms with van der Waals surface area (Å²) in [7, 11) is 4.56. The van der Waals surface area contributed by atoms with E-state index in [-0.39, 0.29) is 11.8 Å². The van der Waals surface area contributed by atoms with E-state index in [1.807, 2.05) is 0 Å². The van der Waals surface area contributed by atoms with Gasteiger partial charge in [0.15, 0.2) is 11.5 Å². The fourth-order valence-corrected chi connectivity index (χ4v) is 2.10. The van der Waals surface area contributed by atoms with E-state index in [9.17, 15) is 9.59 Å². The minimum Gasteiger partial charge on any atom is -0.493 e. The van der Waals surface area contributed by atoms with E-state index in [1.54, 1.807) is 42.5 Å². The van der Waals surface area contributed by atoms with Crippen LogP contribution in [0.15, 0.2) is 42.5 Å². The molecule has 0 aliphatic heterocycles. The van der Waals surface area contributed by atoms with Crippen LogP contribution in [0.2, 0.25) is 0 Å². The summed E-state index contributed by atoms with van der Waals surface area (Å²) in [5.74, 6) is 0.380. The number of para-hydroxylation sites is 1. The van der Waals surface area contributed by atoms with Crippen molar-refractivity contribution in [3.05, 3.63) is 53.6 Å². The largest absolute Gasteiger partial charge is 0.493 e. The quantitative estimate of drug-likeness (QED) is 0.888. The van der Waals surface area contributed by atoms with Gasteiger partial charge in [0.25, 0.3) is 11.8 Å². The zero-order valence-electron chi connectivity index (χ0n) is 13.2. The Morgan fingerprint density at radius 3 is 2.26 bits per heavy atom. The molecule has 2 rings (SSSR count). The van der Waals surface area contributed by atoms with E-state index in [2.05, 4.69) is 10.6 Å². The Morgan fingerprint density at radius 2 is 1.61 bits per heavy atom. The topological polar surface area (TPSA) is 76.7 Å². The summed E-state index contributed by atoms with van der Waals surface area (Å²) in [6.07, 6.45) is 0. The summed E-state index contributed by atoms with van der Waals surface area (Å²) in [6.45, 7) is 0. The van der Waals surface area contributed by atoms with E-state index < -0.39 is 0 Å². The number of benzene rings is 2. The SMILES string of the molecule is CNC(=O)c1ccccc1NC(=O)c1ccc(OC)c(OC)c1. The molecule has 0 bridgehead atoms. The third-order valence-electron chi connectivity index (χ3n) is 3.29. The van der Waals surface area contributed by atoms with Gasteiger partial charge in [0.1, 0.15) is 0 Å². The summed E-state index contributed by atoms with van der Waals surface area (Å²) in [6, 6.07) is 11.6. The maximum absolute atomic E-state index is 12.4. The average Bonchev–Trinajstić information content (AvgIpc) is 2.60. The molecule has 2 aromatic rings. The van der Waals surface area contributed by atoms with Crippen molar-refractivity contribution in [3.8, 4) is 11.5 Å². The summed E-state index contributed by atoms with van der Waals surface area (Å²) in [4.78, 5) is 24.2. The van der Waals surface area contributed by atoms with Gasteiger partial charge < -0.3 is 20.1 Å². The number of rotatable bonds is 5. The molecule has 23 heavy (non-hydrogen) atoms. The molecule has 0 aliphatic carbocycles. The number of hydrogen-bond donors (Lipinski definition) is 2. The Morgan fingerprint density at radius 1 is 0.913 bits per heavy atom. The minimum absolute atomic E-state index is 0.270. The van der Waals surface area contributed by atoms with Crippen molar-refractivity contribution in [2.45, 2.75) is 0 Å². The molecule has 0 fully saturated rings. The van der Waals surface area contributed by atoms with Crippen molar-refractivity contribution in [2.24, 2.45) is 0 Å². The second-order valence-corrected chi connectivity index (χ2v) is 4.65. The predicted molar refractivity (Wildman–Crippen MR) is 87.3 cm³/mol. The Bertz CT molecular complexity index is 728.